The molecule has 8 heteroatoms. The van der Waals surface area contributed by atoms with Gasteiger partial charge >= 0.3 is 0 Å². The number of aliphatic hydroxyl groups is 1. The molecule has 1 saturated heterocycles. The Hall–Kier alpha value is -1.93. The van der Waals surface area contributed by atoms with E-state index in [4.69, 9.17) is 4.74 Å². The second-order valence-corrected chi connectivity index (χ2v) is 5.78. The zero-order valence-corrected chi connectivity index (χ0v) is 12.4. The van der Waals surface area contributed by atoms with E-state index in [1.165, 1.54) is 0 Å². The van der Waals surface area contributed by atoms with Gasteiger partial charge in [0.2, 0.25) is 5.95 Å². The first kappa shape index (κ1) is 14.0. The van der Waals surface area contributed by atoms with Gasteiger partial charge in [0.1, 0.15) is 5.52 Å². The van der Waals surface area contributed by atoms with E-state index in [2.05, 4.69) is 30.2 Å². The summed E-state index contributed by atoms with van der Waals surface area (Å²) in [4.78, 5) is 18.3. The Bertz CT molecular complexity index is 641. The molecule has 1 atom stereocenters. The van der Waals surface area contributed by atoms with Gasteiger partial charge in [-0.3, -0.25) is 0 Å². The molecular formula is C13H20N6O2. The van der Waals surface area contributed by atoms with Crippen LogP contribution in [0.4, 0.5) is 11.8 Å². The van der Waals surface area contributed by atoms with Gasteiger partial charge in [-0.25, -0.2) is 4.98 Å². The average molecular weight is 292 g/mol. The molecule has 3 heterocycles. The fraction of sp³-hybridized carbons (Fsp3) is 0.615. The molecule has 0 amide bonds. The van der Waals surface area contributed by atoms with Crippen molar-refractivity contribution in [1.29, 1.82) is 0 Å². The SMILES string of the molecule is CNc1nc(N2CC(CO)OC(C)(C)C2)c2[nH]cnc2n1. The first-order chi connectivity index (χ1) is 10.0. The van der Waals surface area contributed by atoms with Crippen molar-refractivity contribution in [3.05, 3.63) is 6.33 Å². The minimum atomic E-state index is -0.358. The number of nitrogens with one attached hydrogen (secondary N) is 2. The number of fused-ring (bicyclic) bond motifs is 1. The first-order valence-corrected chi connectivity index (χ1v) is 6.95. The molecule has 0 aliphatic carbocycles. The van der Waals surface area contributed by atoms with Crippen LogP contribution in [-0.4, -0.2) is 63.5 Å². The van der Waals surface area contributed by atoms with Gasteiger partial charge in [0, 0.05) is 20.1 Å². The van der Waals surface area contributed by atoms with E-state index >= 15 is 0 Å². The number of hydrogen-bond donors (Lipinski definition) is 3. The van der Waals surface area contributed by atoms with Gasteiger partial charge in [0.05, 0.1) is 24.6 Å². The first-order valence-electron chi connectivity index (χ1n) is 6.95. The van der Waals surface area contributed by atoms with Crippen molar-refractivity contribution >= 4 is 22.9 Å². The molecule has 0 bridgehead atoms. The molecule has 1 aliphatic heterocycles. The van der Waals surface area contributed by atoms with Gasteiger partial charge in [-0.05, 0) is 13.8 Å². The number of aromatic nitrogens is 4. The highest BCUT2D eigenvalue weighted by Gasteiger charge is 2.34. The lowest BCUT2D eigenvalue weighted by atomic mass is 10.1. The van der Waals surface area contributed by atoms with Crippen LogP contribution in [0.15, 0.2) is 6.33 Å². The largest absolute Gasteiger partial charge is 0.394 e. The maximum Gasteiger partial charge on any atom is 0.226 e. The van der Waals surface area contributed by atoms with Crippen LogP contribution < -0.4 is 10.2 Å². The third-order valence-corrected chi connectivity index (χ3v) is 3.47. The number of H-pyrrole nitrogens is 1. The number of aliphatic hydroxyl groups excluding tert-OH is 1. The predicted molar refractivity (Wildman–Crippen MR) is 79.5 cm³/mol. The zero-order chi connectivity index (χ0) is 15.0. The number of rotatable bonds is 3. The van der Waals surface area contributed by atoms with Crippen LogP contribution in [0.5, 0.6) is 0 Å². The molecule has 0 radical (unpaired) electrons. The molecule has 0 aromatic carbocycles. The van der Waals surface area contributed by atoms with Crippen LogP contribution in [0.1, 0.15) is 13.8 Å². The monoisotopic (exact) mass is 292 g/mol. The number of hydrogen-bond acceptors (Lipinski definition) is 7. The van der Waals surface area contributed by atoms with Gasteiger partial charge in [-0.1, -0.05) is 0 Å². The Kier molecular flexibility index (Phi) is 3.42. The molecule has 114 valence electrons. The number of nitrogens with zero attached hydrogens (tertiary/aromatic N) is 4. The molecule has 8 nitrogen and oxygen atoms in total. The third kappa shape index (κ3) is 2.64. The number of aromatic amines is 1. The standard InChI is InChI=1S/C13H20N6O2/c1-13(2)6-19(4-8(5-20)21-13)11-9-10(16-7-15-9)17-12(14-3)18-11/h7-8,20H,4-6H2,1-3H3,(H2,14,15,16,17,18). The summed E-state index contributed by atoms with van der Waals surface area (Å²) in [6, 6.07) is 0. The lowest BCUT2D eigenvalue weighted by Crippen LogP contribution is -2.54. The lowest BCUT2D eigenvalue weighted by Gasteiger charge is -2.42. The molecule has 1 unspecified atom stereocenters. The molecule has 1 aliphatic rings. The van der Waals surface area contributed by atoms with Crippen molar-refractivity contribution in [1.82, 2.24) is 19.9 Å². The predicted octanol–water partition coefficient (Wildman–Crippen LogP) is 0.371. The Labute approximate surface area is 122 Å². The Morgan fingerprint density at radius 3 is 3.05 bits per heavy atom. The average Bonchev–Trinajstić information content (AvgIpc) is 2.92. The summed E-state index contributed by atoms with van der Waals surface area (Å²) < 4.78 is 5.85. The third-order valence-electron chi connectivity index (χ3n) is 3.47. The summed E-state index contributed by atoms with van der Waals surface area (Å²) in [5.41, 5.74) is 1.06. The highest BCUT2D eigenvalue weighted by Crippen LogP contribution is 2.29. The Balaban J connectivity index is 2.04. The van der Waals surface area contributed by atoms with Crippen LogP contribution >= 0.6 is 0 Å². The molecule has 0 spiro atoms. The number of morpholine rings is 1. The van der Waals surface area contributed by atoms with E-state index in [9.17, 15) is 5.11 Å². The minimum absolute atomic E-state index is 0.0178. The molecule has 2 aromatic heterocycles. The van der Waals surface area contributed by atoms with Crippen molar-refractivity contribution in [2.24, 2.45) is 0 Å². The van der Waals surface area contributed by atoms with E-state index in [0.717, 1.165) is 11.3 Å². The lowest BCUT2D eigenvalue weighted by molar-refractivity contribution is -0.101. The summed E-state index contributed by atoms with van der Waals surface area (Å²) in [5, 5.41) is 12.4. The summed E-state index contributed by atoms with van der Waals surface area (Å²) in [6.45, 7) is 5.25. The molecule has 1 fully saturated rings. The van der Waals surface area contributed by atoms with Crippen molar-refractivity contribution in [2.45, 2.75) is 25.6 Å². The van der Waals surface area contributed by atoms with Gasteiger partial charge in [-0.2, -0.15) is 9.97 Å². The van der Waals surface area contributed by atoms with E-state index in [1.807, 2.05) is 13.8 Å². The Morgan fingerprint density at radius 2 is 2.33 bits per heavy atom. The molecule has 3 N–H and O–H groups in total. The summed E-state index contributed by atoms with van der Waals surface area (Å²) >= 11 is 0. The van der Waals surface area contributed by atoms with E-state index < -0.39 is 0 Å². The summed E-state index contributed by atoms with van der Waals surface area (Å²) in [7, 11) is 1.78. The second-order valence-electron chi connectivity index (χ2n) is 5.78. The topological polar surface area (TPSA) is 99.2 Å². The van der Waals surface area contributed by atoms with Crippen LogP contribution in [0.2, 0.25) is 0 Å². The van der Waals surface area contributed by atoms with Crippen LogP contribution in [-0.2, 0) is 4.74 Å². The molecule has 3 rings (SSSR count). The van der Waals surface area contributed by atoms with E-state index in [0.29, 0.717) is 24.7 Å². The molecular weight excluding hydrogens is 272 g/mol. The maximum absolute atomic E-state index is 9.45. The molecule has 2 aromatic rings. The van der Waals surface area contributed by atoms with Crippen molar-refractivity contribution in [2.75, 3.05) is 37.0 Å². The zero-order valence-electron chi connectivity index (χ0n) is 12.4. The van der Waals surface area contributed by atoms with Crippen LogP contribution in [0.3, 0.4) is 0 Å². The molecule has 0 saturated carbocycles. The molecule has 21 heavy (non-hydrogen) atoms. The van der Waals surface area contributed by atoms with Crippen LogP contribution in [0.25, 0.3) is 11.2 Å². The quantitative estimate of drug-likeness (QED) is 0.751. The van der Waals surface area contributed by atoms with Crippen molar-refractivity contribution < 1.29 is 9.84 Å². The fourth-order valence-corrected chi connectivity index (χ4v) is 2.71. The minimum Gasteiger partial charge on any atom is -0.394 e. The van der Waals surface area contributed by atoms with E-state index in [-0.39, 0.29) is 18.3 Å². The van der Waals surface area contributed by atoms with Gasteiger partial charge < -0.3 is 25.0 Å². The second kappa shape index (κ2) is 5.12. The summed E-state index contributed by atoms with van der Waals surface area (Å²) in [6.07, 6.45) is 1.37. The van der Waals surface area contributed by atoms with Gasteiger partial charge in [0.25, 0.3) is 0 Å². The van der Waals surface area contributed by atoms with Crippen molar-refractivity contribution in [3.63, 3.8) is 0 Å². The summed E-state index contributed by atoms with van der Waals surface area (Å²) in [5.74, 6) is 1.30. The number of anilines is 2. The fourth-order valence-electron chi connectivity index (χ4n) is 2.71. The van der Waals surface area contributed by atoms with Gasteiger partial charge in [-0.15, -0.1) is 0 Å². The number of imidazole rings is 1. The van der Waals surface area contributed by atoms with Crippen LogP contribution in [0, 0.1) is 0 Å². The smallest absolute Gasteiger partial charge is 0.226 e. The normalized spacial score (nSPS) is 21.7. The van der Waals surface area contributed by atoms with E-state index in [1.54, 1.807) is 13.4 Å². The number of ether oxygens (including phenoxy) is 1. The van der Waals surface area contributed by atoms with Crippen molar-refractivity contribution in [3.8, 4) is 0 Å². The maximum atomic E-state index is 9.45. The highest BCUT2D eigenvalue weighted by atomic mass is 16.5. The highest BCUT2D eigenvalue weighted by molar-refractivity contribution is 5.84. The Morgan fingerprint density at radius 1 is 1.52 bits per heavy atom. The van der Waals surface area contributed by atoms with Gasteiger partial charge in [0.15, 0.2) is 11.5 Å².